The zero-order valence-electron chi connectivity index (χ0n) is 12.0. The van der Waals surface area contributed by atoms with E-state index in [2.05, 4.69) is 5.32 Å². The van der Waals surface area contributed by atoms with Crippen LogP contribution in [0.4, 0.5) is 0 Å². The molecule has 0 radical (unpaired) electrons. The summed E-state index contributed by atoms with van der Waals surface area (Å²) in [5, 5.41) is 2.77. The number of rotatable bonds is 9. The summed E-state index contributed by atoms with van der Waals surface area (Å²) >= 11 is 0. The molecule has 3 N–H and O–H groups in total. The van der Waals surface area contributed by atoms with Crippen molar-refractivity contribution < 1.29 is 19.0 Å². The van der Waals surface area contributed by atoms with Crippen molar-refractivity contribution in [1.29, 1.82) is 0 Å². The maximum Gasteiger partial charge on any atom is 0.221 e. The minimum atomic E-state index is -0.0319. The van der Waals surface area contributed by atoms with Crippen LogP contribution in [0.1, 0.15) is 12.8 Å². The third-order valence-corrected chi connectivity index (χ3v) is 2.61. The van der Waals surface area contributed by atoms with Gasteiger partial charge in [0.1, 0.15) is 17.2 Å². The molecule has 0 aliphatic heterocycles. The SMILES string of the molecule is COc1cc(OC)cc(OCCCNC(=O)CCN)c1. The van der Waals surface area contributed by atoms with E-state index >= 15 is 0 Å². The summed E-state index contributed by atoms with van der Waals surface area (Å²) in [7, 11) is 3.18. The lowest BCUT2D eigenvalue weighted by Crippen LogP contribution is -2.27. The van der Waals surface area contributed by atoms with Gasteiger partial charge in [-0.2, -0.15) is 0 Å². The summed E-state index contributed by atoms with van der Waals surface area (Å²) in [4.78, 5) is 11.2. The summed E-state index contributed by atoms with van der Waals surface area (Å²) in [6.07, 6.45) is 1.07. The zero-order chi connectivity index (χ0) is 14.8. The van der Waals surface area contributed by atoms with Crippen LogP contribution >= 0.6 is 0 Å². The molecule has 112 valence electrons. The Kier molecular flexibility index (Phi) is 7.27. The molecule has 0 atom stereocenters. The fraction of sp³-hybridized carbons (Fsp3) is 0.500. The Bertz CT molecular complexity index is 401. The van der Waals surface area contributed by atoms with E-state index in [1.165, 1.54) is 0 Å². The molecule has 1 amide bonds. The molecule has 1 aromatic rings. The van der Waals surface area contributed by atoms with E-state index in [1.807, 2.05) is 0 Å². The minimum Gasteiger partial charge on any atom is -0.496 e. The van der Waals surface area contributed by atoms with Crippen LogP contribution in [0.25, 0.3) is 0 Å². The fourth-order valence-electron chi connectivity index (χ4n) is 1.57. The third kappa shape index (κ3) is 5.79. The Morgan fingerprint density at radius 3 is 2.30 bits per heavy atom. The van der Waals surface area contributed by atoms with Crippen LogP contribution in [0.3, 0.4) is 0 Å². The van der Waals surface area contributed by atoms with Crippen molar-refractivity contribution in [2.45, 2.75) is 12.8 Å². The summed E-state index contributed by atoms with van der Waals surface area (Å²) in [5.41, 5.74) is 5.28. The van der Waals surface area contributed by atoms with Crippen LogP contribution < -0.4 is 25.3 Å². The monoisotopic (exact) mass is 282 g/mol. The first-order chi connectivity index (χ1) is 9.69. The van der Waals surface area contributed by atoms with E-state index in [9.17, 15) is 4.79 Å². The Balaban J connectivity index is 2.33. The van der Waals surface area contributed by atoms with E-state index in [1.54, 1.807) is 32.4 Å². The van der Waals surface area contributed by atoms with E-state index < -0.39 is 0 Å². The van der Waals surface area contributed by atoms with Crippen LogP contribution in [0.5, 0.6) is 17.2 Å². The van der Waals surface area contributed by atoms with E-state index in [-0.39, 0.29) is 5.91 Å². The average Bonchev–Trinajstić information content (AvgIpc) is 2.46. The highest BCUT2D eigenvalue weighted by molar-refractivity contribution is 5.75. The van der Waals surface area contributed by atoms with Crippen LogP contribution in [0.15, 0.2) is 18.2 Å². The zero-order valence-corrected chi connectivity index (χ0v) is 12.0. The van der Waals surface area contributed by atoms with Gasteiger partial charge in [0, 0.05) is 37.7 Å². The van der Waals surface area contributed by atoms with E-state index in [4.69, 9.17) is 19.9 Å². The van der Waals surface area contributed by atoms with Gasteiger partial charge in [-0.15, -0.1) is 0 Å². The number of carbonyl (C=O) groups excluding carboxylic acids is 1. The van der Waals surface area contributed by atoms with Gasteiger partial charge in [0.15, 0.2) is 0 Å². The molecule has 0 fully saturated rings. The second-order valence-electron chi connectivity index (χ2n) is 4.14. The molecule has 20 heavy (non-hydrogen) atoms. The third-order valence-electron chi connectivity index (χ3n) is 2.61. The number of methoxy groups -OCH3 is 2. The average molecular weight is 282 g/mol. The molecule has 0 spiro atoms. The molecular weight excluding hydrogens is 260 g/mol. The molecule has 0 aliphatic rings. The van der Waals surface area contributed by atoms with Gasteiger partial charge < -0.3 is 25.3 Å². The first-order valence-corrected chi connectivity index (χ1v) is 6.52. The van der Waals surface area contributed by atoms with Crippen molar-refractivity contribution in [2.24, 2.45) is 5.73 Å². The summed E-state index contributed by atoms with van der Waals surface area (Å²) < 4.78 is 15.9. The van der Waals surface area contributed by atoms with E-state index in [0.717, 1.165) is 6.42 Å². The molecule has 6 heteroatoms. The number of carbonyl (C=O) groups is 1. The highest BCUT2D eigenvalue weighted by Gasteiger charge is 2.03. The van der Waals surface area contributed by atoms with Crippen LogP contribution in [0, 0.1) is 0 Å². The van der Waals surface area contributed by atoms with Gasteiger partial charge in [-0.1, -0.05) is 0 Å². The lowest BCUT2D eigenvalue weighted by molar-refractivity contribution is -0.120. The molecule has 0 bridgehead atoms. The van der Waals surface area contributed by atoms with Crippen molar-refractivity contribution >= 4 is 5.91 Å². The van der Waals surface area contributed by atoms with Gasteiger partial charge in [0.2, 0.25) is 5.91 Å². The summed E-state index contributed by atoms with van der Waals surface area (Å²) in [6, 6.07) is 5.35. The second-order valence-corrected chi connectivity index (χ2v) is 4.14. The highest BCUT2D eigenvalue weighted by Crippen LogP contribution is 2.27. The standard InChI is InChI=1S/C14H22N2O4/c1-18-11-8-12(19-2)10-13(9-11)20-7-3-6-16-14(17)4-5-15/h8-10H,3-7,15H2,1-2H3,(H,16,17). The van der Waals surface area contributed by atoms with Gasteiger partial charge in [0.05, 0.1) is 20.8 Å². The Hall–Kier alpha value is -1.95. The largest absolute Gasteiger partial charge is 0.496 e. The Morgan fingerprint density at radius 2 is 1.75 bits per heavy atom. The number of hydrogen-bond donors (Lipinski definition) is 2. The molecule has 1 aromatic carbocycles. The number of hydrogen-bond acceptors (Lipinski definition) is 5. The van der Waals surface area contributed by atoms with Gasteiger partial charge >= 0.3 is 0 Å². The summed E-state index contributed by atoms with van der Waals surface area (Å²) in [5.74, 6) is 2.00. The number of amides is 1. The molecule has 0 saturated heterocycles. The highest BCUT2D eigenvalue weighted by atomic mass is 16.5. The van der Waals surface area contributed by atoms with Crippen molar-refractivity contribution in [3.05, 3.63) is 18.2 Å². The predicted molar refractivity (Wildman–Crippen MR) is 76.3 cm³/mol. The molecule has 0 aromatic heterocycles. The molecule has 6 nitrogen and oxygen atoms in total. The van der Waals surface area contributed by atoms with Crippen molar-refractivity contribution in [1.82, 2.24) is 5.32 Å². The fourth-order valence-corrected chi connectivity index (χ4v) is 1.57. The quantitative estimate of drug-likeness (QED) is 0.659. The molecule has 0 heterocycles. The number of nitrogens with one attached hydrogen (secondary N) is 1. The van der Waals surface area contributed by atoms with Gasteiger partial charge in [-0.3, -0.25) is 4.79 Å². The van der Waals surface area contributed by atoms with Gasteiger partial charge in [-0.25, -0.2) is 0 Å². The van der Waals surface area contributed by atoms with Crippen LogP contribution in [-0.2, 0) is 4.79 Å². The smallest absolute Gasteiger partial charge is 0.221 e. The normalized spacial score (nSPS) is 9.95. The second kappa shape index (κ2) is 9.03. The maximum absolute atomic E-state index is 11.2. The molecule has 0 unspecified atom stereocenters. The van der Waals surface area contributed by atoms with Crippen molar-refractivity contribution in [3.63, 3.8) is 0 Å². The van der Waals surface area contributed by atoms with Crippen LogP contribution in [0.2, 0.25) is 0 Å². The van der Waals surface area contributed by atoms with Crippen LogP contribution in [-0.4, -0.2) is 39.8 Å². The lowest BCUT2D eigenvalue weighted by Gasteiger charge is -2.10. The number of ether oxygens (including phenoxy) is 3. The Morgan fingerprint density at radius 1 is 1.15 bits per heavy atom. The summed E-state index contributed by atoms with van der Waals surface area (Å²) in [6.45, 7) is 1.44. The topological polar surface area (TPSA) is 82.8 Å². The lowest BCUT2D eigenvalue weighted by atomic mass is 10.3. The first-order valence-electron chi connectivity index (χ1n) is 6.52. The molecule has 1 rings (SSSR count). The minimum absolute atomic E-state index is 0.0319. The van der Waals surface area contributed by atoms with Crippen molar-refractivity contribution in [3.8, 4) is 17.2 Å². The van der Waals surface area contributed by atoms with Gasteiger partial charge in [0.25, 0.3) is 0 Å². The number of benzene rings is 1. The predicted octanol–water partition coefficient (Wildman–Crippen LogP) is 0.938. The molecule has 0 aliphatic carbocycles. The number of nitrogens with two attached hydrogens (primary N) is 1. The molecule has 0 saturated carbocycles. The van der Waals surface area contributed by atoms with E-state index in [0.29, 0.717) is 43.4 Å². The maximum atomic E-state index is 11.2. The molecular formula is C14H22N2O4. The van der Waals surface area contributed by atoms with Crippen molar-refractivity contribution in [2.75, 3.05) is 33.9 Å². The van der Waals surface area contributed by atoms with Gasteiger partial charge in [-0.05, 0) is 6.42 Å². The first kappa shape index (κ1) is 16.1. The Labute approximate surface area is 119 Å².